The Morgan fingerprint density at radius 2 is 1.94 bits per heavy atom. The summed E-state index contributed by atoms with van der Waals surface area (Å²) in [6, 6.07) is 9.89. The van der Waals surface area contributed by atoms with Crippen LogP contribution in [-0.4, -0.2) is 24.9 Å². The number of methoxy groups -OCH3 is 1. The molecule has 1 unspecified atom stereocenters. The maximum Gasteiger partial charge on any atom is 0.147 e. The molecule has 3 nitrogen and oxygen atoms in total. The van der Waals surface area contributed by atoms with E-state index in [4.69, 9.17) is 9.57 Å². The van der Waals surface area contributed by atoms with Gasteiger partial charge in [0.25, 0.3) is 0 Å². The average Bonchev–Trinajstić information content (AvgIpc) is 2.55. The summed E-state index contributed by atoms with van der Waals surface area (Å²) in [4.78, 5) is 5.85. The topological polar surface area (TPSA) is 21.7 Å². The van der Waals surface area contributed by atoms with Gasteiger partial charge in [-0.2, -0.15) is 0 Å². The van der Waals surface area contributed by atoms with Crippen LogP contribution in [0.2, 0.25) is 0 Å². The third-order valence-electron chi connectivity index (χ3n) is 2.89. The van der Waals surface area contributed by atoms with Crippen LogP contribution < -0.4 is 4.84 Å². The van der Waals surface area contributed by atoms with Crippen molar-refractivity contribution in [2.24, 2.45) is 0 Å². The van der Waals surface area contributed by atoms with Gasteiger partial charge in [0.2, 0.25) is 0 Å². The lowest BCUT2D eigenvalue weighted by Gasteiger charge is -2.27. The molecule has 0 radical (unpaired) electrons. The Morgan fingerprint density at radius 1 is 1.12 bits per heavy atom. The zero-order chi connectivity index (χ0) is 11.2. The first kappa shape index (κ1) is 11.4. The molecule has 1 aromatic carbocycles. The fourth-order valence-electron chi connectivity index (χ4n) is 2.01. The highest BCUT2D eigenvalue weighted by molar-refractivity contribution is 5.20. The quantitative estimate of drug-likeness (QED) is 0.783. The van der Waals surface area contributed by atoms with Crippen LogP contribution in [0.4, 0.5) is 0 Å². The molecule has 0 saturated carbocycles. The summed E-state index contributed by atoms with van der Waals surface area (Å²) in [6.07, 6.45) is 4.78. The summed E-state index contributed by atoms with van der Waals surface area (Å²) < 4.78 is 5.46. The fourth-order valence-corrected chi connectivity index (χ4v) is 2.01. The van der Waals surface area contributed by atoms with Gasteiger partial charge in [0.05, 0.1) is 0 Å². The number of hydrogen-bond donors (Lipinski definition) is 0. The molecule has 0 amide bonds. The number of nitrogens with zero attached hydrogens (tertiary/aromatic N) is 1. The smallest absolute Gasteiger partial charge is 0.147 e. The molecule has 16 heavy (non-hydrogen) atoms. The Balaban J connectivity index is 2.00. The van der Waals surface area contributed by atoms with Crippen LogP contribution in [0.15, 0.2) is 30.3 Å². The van der Waals surface area contributed by atoms with Crippen molar-refractivity contribution in [3.8, 4) is 5.75 Å². The Labute approximate surface area is 96.9 Å². The summed E-state index contributed by atoms with van der Waals surface area (Å²) in [5.74, 6) is 0.881. The summed E-state index contributed by atoms with van der Waals surface area (Å²) >= 11 is 0. The molecule has 0 spiro atoms. The Hall–Kier alpha value is -1.06. The van der Waals surface area contributed by atoms with Crippen molar-refractivity contribution < 1.29 is 9.57 Å². The van der Waals surface area contributed by atoms with Crippen molar-refractivity contribution >= 4 is 0 Å². The molecular formula is C13H19NO2. The highest BCUT2D eigenvalue weighted by atomic mass is 16.7. The van der Waals surface area contributed by atoms with E-state index in [0.29, 0.717) is 0 Å². The maximum atomic E-state index is 5.85. The van der Waals surface area contributed by atoms with E-state index in [1.165, 1.54) is 19.3 Å². The number of rotatable bonds is 3. The standard InChI is InChI=1S/C13H19NO2/c1-15-13-10-6-3-7-11-14(13)16-12-8-4-2-5-9-12/h2,4-5,8-9,13H,3,6-7,10-11H2,1H3. The molecule has 0 bridgehead atoms. The lowest BCUT2D eigenvalue weighted by molar-refractivity contribution is -0.182. The second-order valence-corrected chi connectivity index (χ2v) is 4.08. The molecule has 3 heteroatoms. The number of benzene rings is 1. The van der Waals surface area contributed by atoms with Crippen molar-refractivity contribution in [2.45, 2.75) is 31.9 Å². The van der Waals surface area contributed by atoms with Gasteiger partial charge in [-0.1, -0.05) is 24.6 Å². The van der Waals surface area contributed by atoms with E-state index in [0.717, 1.165) is 18.7 Å². The first-order chi connectivity index (χ1) is 7.90. The monoisotopic (exact) mass is 221 g/mol. The van der Waals surface area contributed by atoms with Crippen molar-refractivity contribution in [2.75, 3.05) is 13.7 Å². The maximum absolute atomic E-state index is 5.85. The SMILES string of the molecule is COC1CCCCCN1Oc1ccccc1. The van der Waals surface area contributed by atoms with Crippen LogP contribution in [0, 0.1) is 0 Å². The summed E-state index contributed by atoms with van der Waals surface area (Å²) in [7, 11) is 1.75. The fraction of sp³-hybridized carbons (Fsp3) is 0.538. The van der Waals surface area contributed by atoms with Crippen LogP contribution in [0.5, 0.6) is 5.75 Å². The van der Waals surface area contributed by atoms with Crippen molar-refractivity contribution in [3.63, 3.8) is 0 Å². The molecule has 0 aliphatic carbocycles. The van der Waals surface area contributed by atoms with E-state index in [1.54, 1.807) is 7.11 Å². The normalized spacial score (nSPS) is 22.7. The first-order valence-corrected chi connectivity index (χ1v) is 5.92. The Bertz CT molecular complexity index is 302. The molecule has 88 valence electrons. The van der Waals surface area contributed by atoms with E-state index in [2.05, 4.69) is 0 Å². The second kappa shape index (κ2) is 5.87. The van der Waals surface area contributed by atoms with E-state index >= 15 is 0 Å². The Kier molecular flexibility index (Phi) is 4.19. The number of hydrogen-bond acceptors (Lipinski definition) is 3. The molecule has 2 rings (SSSR count). The van der Waals surface area contributed by atoms with Crippen LogP contribution in [0.25, 0.3) is 0 Å². The first-order valence-electron chi connectivity index (χ1n) is 5.92. The largest absolute Gasteiger partial charge is 0.403 e. The van der Waals surface area contributed by atoms with Gasteiger partial charge in [-0.05, 0) is 31.4 Å². The molecule has 1 aliphatic heterocycles. The van der Waals surface area contributed by atoms with Crippen molar-refractivity contribution in [1.82, 2.24) is 5.06 Å². The third-order valence-corrected chi connectivity index (χ3v) is 2.89. The van der Waals surface area contributed by atoms with Crippen molar-refractivity contribution in [3.05, 3.63) is 30.3 Å². The number of hydroxylamine groups is 2. The van der Waals surface area contributed by atoms with Crippen LogP contribution >= 0.6 is 0 Å². The van der Waals surface area contributed by atoms with Gasteiger partial charge in [0.15, 0.2) is 0 Å². The second-order valence-electron chi connectivity index (χ2n) is 4.08. The van der Waals surface area contributed by atoms with E-state index in [9.17, 15) is 0 Å². The third kappa shape index (κ3) is 2.97. The van der Waals surface area contributed by atoms with Gasteiger partial charge < -0.3 is 9.57 Å². The van der Waals surface area contributed by atoms with E-state index in [-0.39, 0.29) is 6.23 Å². The van der Waals surface area contributed by atoms with Gasteiger partial charge >= 0.3 is 0 Å². The minimum Gasteiger partial charge on any atom is -0.403 e. The number of para-hydroxylation sites is 1. The van der Waals surface area contributed by atoms with E-state index < -0.39 is 0 Å². The molecule has 1 atom stereocenters. The molecule has 1 saturated heterocycles. The lowest BCUT2D eigenvalue weighted by Crippen LogP contribution is -2.38. The molecular weight excluding hydrogens is 202 g/mol. The van der Waals surface area contributed by atoms with Gasteiger partial charge in [0, 0.05) is 13.7 Å². The van der Waals surface area contributed by atoms with Crippen LogP contribution in [0.1, 0.15) is 25.7 Å². The highest BCUT2D eigenvalue weighted by Crippen LogP contribution is 2.20. The molecule has 1 fully saturated rings. The predicted molar refractivity (Wildman–Crippen MR) is 63.0 cm³/mol. The average molecular weight is 221 g/mol. The minimum atomic E-state index is 0.0858. The zero-order valence-electron chi connectivity index (χ0n) is 9.76. The zero-order valence-corrected chi connectivity index (χ0v) is 9.76. The van der Waals surface area contributed by atoms with Gasteiger partial charge in [-0.3, -0.25) is 0 Å². The van der Waals surface area contributed by atoms with Crippen molar-refractivity contribution in [1.29, 1.82) is 0 Å². The number of ether oxygens (including phenoxy) is 1. The highest BCUT2D eigenvalue weighted by Gasteiger charge is 2.22. The predicted octanol–water partition coefficient (Wildman–Crippen LogP) is 2.83. The summed E-state index contributed by atoms with van der Waals surface area (Å²) in [6.45, 7) is 0.938. The van der Waals surface area contributed by atoms with Gasteiger partial charge in [-0.15, -0.1) is 5.06 Å². The molecule has 0 aromatic heterocycles. The Morgan fingerprint density at radius 3 is 2.69 bits per heavy atom. The van der Waals surface area contributed by atoms with Crippen LogP contribution in [0.3, 0.4) is 0 Å². The molecule has 1 aliphatic rings. The summed E-state index contributed by atoms with van der Waals surface area (Å²) in [5.41, 5.74) is 0. The van der Waals surface area contributed by atoms with Gasteiger partial charge in [0.1, 0.15) is 12.0 Å². The lowest BCUT2D eigenvalue weighted by atomic mass is 10.2. The molecule has 1 aromatic rings. The van der Waals surface area contributed by atoms with Crippen LogP contribution in [-0.2, 0) is 4.74 Å². The van der Waals surface area contributed by atoms with Gasteiger partial charge in [-0.25, -0.2) is 0 Å². The summed E-state index contributed by atoms with van der Waals surface area (Å²) in [5, 5.41) is 1.96. The molecule has 0 N–H and O–H groups in total. The molecule has 1 heterocycles. The van der Waals surface area contributed by atoms with E-state index in [1.807, 2.05) is 35.4 Å². The minimum absolute atomic E-state index is 0.0858.